The first-order chi connectivity index (χ1) is 10.1. The first kappa shape index (κ1) is 15.6. The fraction of sp³-hybridized carbons (Fsp3) is 0.400. The van der Waals surface area contributed by atoms with Crippen molar-refractivity contribution in [3.63, 3.8) is 0 Å². The molecular formula is C15H20N4OS. The molecular weight excluding hydrogens is 284 g/mol. The van der Waals surface area contributed by atoms with E-state index in [9.17, 15) is 4.79 Å². The third-order valence-corrected chi connectivity index (χ3v) is 4.06. The maximum Gasteiger partial charge on any atom is 0.233 e. The van der Waals surface area contributed by atoms with Gasteiger partial charge < -0.3 is 10.2 Å². The first-order valence-electron chi connectivity index (χ1n) is 6.89. The molecule has 1 amide bonds. The van der Waals surface area contributed by atoms with Gasteiger partial charge in [0.15, 0.2) is 0 Å². The van der Waals surface area contributed by atoms with Gasteiger partial charge in [0, 0.05) is 13.0 Å². The average molecular weight is 304 g/mol. The van der Waals surface area contributed by atoms with Gasteiger partial charge in [0.2, 0.25) is 11.0 Å². The molecule has 0 bridgehead atoms. The number of likely N-dealkylation sites (N-methyl/N-ethyl adjacent to an activating group) is 1. The maximum atomic E-state index is 12.2. The number of nitrogens with zero attached hydrogens (tertiary/aromatic N) is 3. The summed E-state index contributed by atoms with van der Waals surface area (Å²) in [6, 6.07) is 9.71. The molecule has 1 N–H and O–H groups in total. The van der Waals surface area contributed by atoms with Crippen molar-refractivity contribution in [3.05, 3.63) is 40.9 Å². The monoisotopic (exact) mass is 304 g/mol. The number of benzene rings is 1. The van der Waals surface area contributed by atoms with E-state index in [1.807, 2.05) is 51.4 Å². The van der Waals surface area contributed by atoms with E-state index in [1.54, 1.807) is 0 Å². The molecule has 1 aromatic carbocycles. The van der Waals surface area contributed by atoms with Crippen LogP contribution in [-0.2, 0) is 11.2 Å². The lowest BCUT2D eigenvalue weighted by Crippen LogP contribution is -2.18. The SMILES string of the molecule is CC(C(=O)Nc1nnc(CCN(C)C)s1)c1ccccc1. The molecule has 0 saturated carbocycles. The predicted molar refractivity (Wildman–Crippen MR) is 85.7 cm³/mol. The van der Waals surface area contributed by atoms with E-state index in [1.165, 1.54) is 11.3 Å². The van der Waals surface area contributed by atoms with Crippen LogP contribution in [0.5, 0.6) is 0 Å². The normalized spacial score (nSPS) is 12.4. The average Bonchev–Trinajstić information content (AvgIpc) is 2.92. The van der Waals surface area contributed by atoms with Crippen molar-refractivity contribution in [2.45, 2.75) is 19.3 Å². The molecule has 2 rings (SSSR count). The predicted octanol–water partition coefficient (Wildman–Crippen LogP) is 2.38. The number of nitrogens with one attached hydrogen (secondary N) is 1. The van der Waals surface area contributed by atoms with E-state index < -0.39 is 0 Å². The summed E-state index contributed by atoms with van der Waals surface area (Å²) in [5, 5.41) is 12.5. The van der Waals surface area contributed by atoms with Gasteiger partial charge in [-0.15, -0.1) is 10.2 Å². The molecule has 6 heteroatoms. The second-order valence-corrected chi connectivity index (χ2v) is 6.24. The minimum absolute atomic E-state index is 0.0588. The highest BCUT2D eigenvalue weighted by molar-refractivity contribution is 7.15. The van der Waals surface area contributed by atoms with Crippen molar-refractivity contribution >= 4 is 22.4 Å². The second kappa shape index (κ2) is 7.28. The molecule has 1 aromatic heterocycles. The van der Waals surface area contributed by atoms with E-state index >= 15 is 0 Å². The second-order valence-electron chi connectivity index (χ2n) is 5.18. The molecule has 1 atom stereocenters. The molecule has 0 radical (unpaired) electrons. The summed E-state index contributed by atoms with van der Waals surface area (Å²) in [6.07, 6.45) is 0.842. The highest BCUT2D eigenvalue weighted by atomic mass is 32.1. The van der Waals surface area contributed by atoms with Gasteiger partial charge in [-0.3, -0.25) is 4.79 Å². The molecule has 5 nitrogen and oxygen atoms in total. The van der Waals surface area contributed by atoms with Gasteiger partial charge in [0.1, 0.15) is 5.01 Å². The lowest BCUT2D eigenvalue weighted by Gasteiger charge is -2.10. The van der Waals surface area contributed by atoms with Crippen molar-refractivity contribution < 1.29 is 4.79 Å². The molecule has 1 heterocycles. The van der Waals surface area contributed by atoms with E-state index in [0.29, 0.717) is 5.13 Å². The Labute approximate surface area is 129 Å². The minimum Gasteiger partial charge on any atom is -0.309 e. The van der Waals surface area contributed by atoms with E-state index in [4.69, 9.17) is 0 Å². The maximum absolute atomic E-state index is 12.2. The van der Waals surface area contributed by atoms with Crippen LogP contribution >= 0.6 is 11.3 Å². The van der Waals surface area contributed by atoms with Crippen LogP contribution in [-0.4, -0.2) is 41.6 Å². The van der Waals surface area contributed by atoms with Crippen LogP contribution in [0.4, 0.5) is 5.13 Å². The number of carbonyl (C=O) groups excluding carboxylic acids is 1. The van der Waals surface area contributed by atoms with Crippen molar-refractivity contribution in [1.82, 2.24) is 15.1 Å². The van der Waals surface area contributed by atoms with Gasteiger partial charge in [-0.1, -0.05) is 41.7 Å². The number of amides is 1. The van der Waals surface area contributed by atoms with Crippen LogP contribution in [0, 0.1) is 0 Å². The van der Waals surface area contributed by atoms with Gasteiger partial charge in [0.25, 0.3) is 0 Å². The zero-order valence-electron chi connectivity index (χ0n) is 12.5. The highest BCUT2D eigenvalue weighted by Gasteiger charge is 2.16. The Hall–Kier alpha value is -1.79. The van der Waals surface area contributed by atoms with Gasteiger partial charge in [-0.2, -0.15) is 0 Å². The minimum atomic E-state index is -0.208. The van der Waals surface area contributed by atoms with E-state index in [0.717, 1.165) is 23.5 Å². The summed E-state index contributed by atoms with van der Waals surface area (Å²) >= 11 is 1.43. The summed E-state index contributed by atoms with van der Waals surface area (Å²) in [5.41, 5.74) is 0.993. The van der Waals surface area contributed by atoms with Crippen LogP contribution in [0.1, 0.15) is 23.4 Å². The third-order valence-electron chi connectivity index (χ3n) is 3.16. The number of carbonyl (C=O) groups is 1. The lowest BCUT2D eigenvalue weighted by atomic mass is 10.0. The van der Waals surface area contributed by atoms with Crippen molar-refractivity contribution in [2.24, 2.45) is 0 Å². The number of aromatic nitrogens is 2. The van der Waals surface area contributed by atoms with Crippen LogP contribution < -0.4 is 5.32 Å². The summed E-state index contributed by atoms with van der Waals surface area (Å²) in [5.74, 6) is -0.267. The Balaban J connectivity index is 1.93. The standard InChI is InChI=1S/C15H20N4OS/c1-11(12-7-5-4-6-8-12)14(20)16-15-18-17-13(21-15)9-10-19(2)3/h4-8,11H,9-10H2,1-3H3,(H,16,18,20). The molecule has 21 heavy (non-hydrogen) atoms. The van der Waals surface area contributed by atoms with E-state index in [2.05, 4.69) is 20.4 Å². The quantitative estimate of drug-likeness (QED) is 0.890. The molecule has 0 fully saturated rings. The van der Waals surface area contributed by atoms with Crippen LogP contribution in [0.25, 0.3) is 0 Å². The van der Waals surface area contributed by atoms with Gasteiger partial charge >= 0.3 is 0 Å². The number of rotatable bonds is 6. The number of hydrogen-bond donors (Lipinski definition) is 1. The van der Waals surface area contributed by atoms with Crippen molar-refractivity contribution in [1.29, 1.82) is 0 Å². The fourth-order valence-electron chi connectivity index (χ4n) is 1.83. The molecule has 112 valence electrons. The molecule has 0 spiro atoms. The zero-order valence-corrected chi connectivity index (χ0v) is 13.4. The summed E-state index contributed by atoms with van der Waals surface area (Å²) in [4.78, 5) is 14.3. The Morgan fingerprint density at radius 3 is 2.67 bits per heavy atom. The lowest BCUT2D eigenvalue weighted by molar-refractivity contribution is -0.117. The summed E-state index contributed by atoms with van der Waals surface area (Å²) in [7, 11) is 4.04. The van der Waals surface area contributed by atoms with Crippen molar-refractivity contribution in [2.75, 3.05) is 26.0 Å². The van der Waals surface area contributed by atoms with Gasteiger partial charge in [0.05, 0.1) is 5.92 Å². The number of anilines is 1. The van der Waals surface area contributed by atoms with Crippen LogP contribution in [0.15, 0.2) is 30.3 Å². The van der Waals surface area contributed by atoms with Crippen LogP contribution in [0.2, 0.25) is 0 Å². The zero-order chi connectivity index (χ0) is 15.2. The molecule has 0 aliphatic rings. The Morgan fingerprint density at radius 2 is 2.00 bits per heavy atom. The molecule has 1 unspecified atom stereocenters. The first-order valence-corrected chi connectivity index (χ1v) is 7.71. The Kier molecular flexibility index (Phi) is 5.41. The smallest absolute Gasteiger partial charge is 0.233 e. The third kappa shape index (κ3) is 4.61. The topological polar surface area (TPSA) is 58.1 Å². The summed E-state index contributed by atoms with van der Waals surface area (Å²) in [6.45, 7) is 2.81. The summed E-state index contributed by atoms with van der Waals surface area (Å²) < 4.78 is 0. The molecule has 0 saturated heterocycles. The van der Waals surface area contributed by atoms with Gasteiger partial charge in [-0.25, -0.2) is 0 Å². The molecule has 0 aliphatic heterocycles. The Morgan fingerprint density at radius 1 is 1.29 bits per heavy atom. The fourth-order valence-corrected chi connectivity index (χ4v) is 2.56. The number of hydrogen-bond acceptors (Lipinski definition) is 5. The van der Waals surface area contributed by atoms with Crippen molar-refractivity contribution in [3.8, 4) is 0 Å². The Bertz CT molecular complexity index is 582. The molecule has 0 aliphatic carbocycles. The molecule has 2 aromatic rings. The van der Waals surface area contributed by atoms with Gasteiger partial charge in [-0.05, 0) is 26.6 Å². The van der Waals surface area contributed by atoms with E-state index in [-0.39, 0.29) is 11.8 Å². The highest BCUT2D eigenvalue weighted by Crippen LogP contribution is 2.20. The van der Waals surface area contributed by atoms with Crippen LogP contribution in [0.3, 0.4) is 0 Å². The largest absolute Gasteiger partial charge is 0.309 e.